The van der Waals surface area contributed by atoms with Gasteiger partial charge in [0.05, 0.1) is 25.9 Å². The van der Waals surface area contributed by atoms with Crippen LogP contribution in [-0.4, -0.2) is 172 Å². The van der Waals surface area contributed by atoms with Gasteiger partial charge in [-0.1, -0.05) is 26.1 Å². The Morgan fingerprint density at radius 3 is 2.05 bits per heavy atom. The molecule has 37 heteroatoms. The lowest BCUT2D eigenvalue weighted by Gasteiger charge is -2.29. The Morgan fingerprint density at radius 2 is 1.40 bits per heavy atom. The summed E-state index contributed by atoms with van der Waals surface area (Å²) in [6, 6.07) is -2.97. The molecule has 0 aliphatic carbocycles. The number of primary amides is 1. The van der Waals surface area contributed by atoms with E-state index in [9.17, 15) is 43.0 Å². The summed E-state index contributed by atoms with van der Waals surface area (Å²) in [5.41, 5.74) is 11.2. The summed E-state index contributed by atoms with van der Waals surface area (Å²) < 4.78 is 83.3. The van der Waals surface area contributed by atoms with Gasteiger partial charge in [0.1, 0.15) is 54.7 Å². The third kappa shape index (κ3) is 14.2. The number of imide groups is 1. The highest BCUT2D eigenvalue weighted by Gasteiger charge is 2.54. The Bertz CT molecular complexity index is 3130. The number of urea groups is 1. The number of carbonyl (C=O) groups is 7. The fourth-order valence-electron chi connectivity index (χ4n) is 8.88. The van der Waals surface area contributed by atoms with Crippen molar-refractivity contribution in [3.63, 3.8) is 0 Å². The molecule has 8 amide bonds. The number of hydrogen-bond donors (Lipinski definition) is 9. The average molecular weight is 1200 g/mol. The zero-order valence-corrected chi connectivity index (χ0v) is 45.9. The number of nitrogens with two attached hydrogens (primary N) is 2. The summed E-state index contributed by atoms with van der Waals surface area (Å²) in [6.07, 6.45) is -6.65. The molecule has 0 aromatic carbocycles. The lowest BCUT2D eigenvalue weighted by molar-refractivity contribution is -0.138. The number of nitrogens with zero attached hydrogens (tertiary/aromatic N) is 9. The van der Waals surface area contributed by atoms with Crippen molar-refractivity contribution in [3.05, 3.63) is 37.5 Å². The molecule has 0 bridgehead atoms. The topological polar surface area (TPSA) is 415 Å². The molecule has 31 nitrogen and oxygen atoms in total. The van der Waals surface area contributed by atoms with Gasteiger partial charge >= 0.3 is 19.5 Å². The van der Waals surface area contributed by atoms with Crippen molar-refractivity contribution in [1.29, 1.82) is 0 Å². The van der Waals surface area contributed by atoms with Crippen molar-refractivity contribution in [2.45, 2.75) is 114 Å². The van der Waals surface area contributed by atoms with Crippen LogP contribution in [0, 0.1) is 5.92 Å². The van der Waals surface area contributed by atoms with E-state index < -0.39 is 135 Å². The molecule has 80 heavy (non-hydrogen) atoms. The summed E-state index contributed by atoms with van der Waals surface area (Å²) in [5.74, 6) is -4.16. The van der Waals surface area contributed by atoms with Crippen molar-refractivity contribution in [3.8, 4) is 0 Å². The van der Waals surface area contributed by atoms with Gasteiger partial charge in [-0.05, 0) is 43.4 Å². The van der Waals surface area contributed by atoms with E-state index in [2.05, 4.69) is 68.7 Å². The Kier molecular flexibility index (Phi) is 19.2. The first-order valence-corrected chi connectivity index (χ1v) is 30.0. The van der Waals surface area contributed by atoms with Gasteiger partial charge in [0.25, 0.3) is 11.8 Å². The van der Waals surface area contributed by atoms with E-state index in [1.807, 2.05) is 0 Å². The van der Waals surface area contributed by atoms with Gasteiger partial charge in [0, 0.05) is 44.6 Å². The van der Waals surface area contributed by atoms with E-state index >= 15 is 8.78 Å². The van der Waals surface area contributed by atoms with E-state index in [4.69, 9.17) is 50.8 Å². The lowest BCUT2D eigenvalue weighted by atomic mass is 10.0. The summed E-state index contributed by atoms with van der Waals surface area (Å²) in [4.78, 5) is 125. The van der Waals surface area contributed by atoms with Gasteiger partial charge in [0.2, 0.25) is 23.6 Å². The molecule has 434 valence electrons. The van der Waals surface area contributed by atoms with Crippen LogP contribution in [0.5, 0.6) is 0 Å². The van der Waals surface area contributed by atoms with Crippen LogP contribution < -0.4 is 38.1 Å². The second kappa shape index (κ2) is 25.7. The van der Waals surface area contributed by atoms with Gasteiger partial charge in [-0.3, -0.25) is 56.4 Å². The third-order valence-corrected chi connectivity index (χ3v) is 16.0. The summed E-state index contributed by atoms with van der Waals surface area (Å²) in [6.45, 7) is -7.16. The van der Waals surface area contributed by atoms with Gasteiger partial charge in [-0.15, -0.1) is 0 Å². The van der Waals surface area contributed by atoms with E-state index in [1.54, 1.807) is 13.8 Å². The van der Waals surface area contributed by atoms with Crippen molar-refractivity contribution in [2.24, 2.45) is 11.7 Å². The summed E-state index contributed by atoms with van der Waals surface area (Å²) in [5, 5.41) is 13.0. The lowest BCUT2D eigenvalue weighted by Crippen LogP contribution is -2.55. The molecule has 4 aromatic heterocycles. The number of alkyl halides is 2. The molecule has 10 N–H and O–H groups in total. The van der Waals surface area contributed by atoms with Crippen LogP contribution in [0.1, 0.15) is 64.8 Å². The van der Waals surface area contributed by atoms with E-state index in [0.717, 1.165) is 40.6 Å². The van der Waals surface area contributed by atoms with Gasteiger partial charge in [0.15, 0.2) is 53.2 Å². The predicted molar refractivity (Wildman–Crippen MR) is 279 cm³/mol. The Morgan fingerprint density at radius 1 is 0.800 bits per heavy atom. The van der Waals surface area contributed by atoms with Gasteiger partial charge in [-0.25, -0.2) is 48.0 Å². The number of rotatable bonds is 20. The molecule has 8 rings (SSSR count). The maximum Gasteiger partial charge on any atom is 0.386 e. The first kappa shape index (κ1) is 59.9. The van der Waals surface area contributed by atoms with Crippen LogP contribution in [0.25, 0.3) is 22.3 Å². The van der Waals surface area contributed by atoms with E-state index in [-0.39, 0.29) is 79.3 Å². The van der Waals surface area contributed by atoms with Crippen molar-refractivity contribution < 1.29 is 79.4 Å². The fourth-order valence-corrected chi connectivity index (χ4v) is 11.8. The second-order valence-corrected chi connectivity index (χ2v) is 24.5. The fraction of sp³-hybridized carbons (Fsp3) is 0.558. The van der Waals surface area contributed by atoms with Crippen LogP contribution in [0.2, 0.25) is 0 Å². The predicted octanol–water partition coefficient (Wildman–Crippen LogP) is 0.406. The quantitative estimate of drug-likeness (QED) is 0.0250. The molecule has 3 saturated heterocycles. The largest absolute Gasteiger partial charge is 0.386 e. The number of unbranched alkanes of at least 4 members (excludes halogenated alkanes) is 1. The van der Waals surface area contributed by atoms with Gasteiger partial charge in [-0.2, -0.15) is 0 Å². The van der Waals surface area contributed by atoms with Crippen LogP contribution in [-0.2, 0) is 72.7 Å². The number of hydrogen-bond acceptors (Lipinski definition) is 22. The molecular formula is C43H56F2N16O15P2S2. The highest BCUT2D eigenvalue weighted by molar-refractivity contribution is 8.44. The summed E-state index contributed by atoms with van der Waals surface area (Å²) in [7, 11) is 0. The number of thiol groups is 1. The number of imidazole rings is 2. The van der Waals surface area contributed by atoms with Crippen LogP contribution in [0.3, 0.4) is 0 Å². The molecule has 4 aliphatic heterocycles. The molecule has 0 spiro atoms. The minimum atomic E-state index is -4.56. The highest BCUT2D eigenvalue weighted by Crippen LogP contribution is 2.59. The number of ether oxygens (including phenoxy) is 2. The smallest absolute Gasteiger partial charge is 0.382 e. The SMILES string of the molecule is CC(C)[C@H](NC(=O)CCN1C(=O)C=CC1=O)C(=O)N[C@@H](CCCCNC(N)=O)C(=O)NCCCC(=O)Nc1ncnc2c1ncn2[C@@H]1O[C@@H]2COP(O)(=S)O[C@H]3[C@@H](F)[C@H](n4cnc5c(N)ncnc54)O[C@@H]3COP(=O)(S)O[C@H]2[C@H]1F. The van der Waals surface area contributed by atoms with Crippen molar-refractivity contribution >= 4 is 113 Å². The maximum absolute atomic E-state index is 16.7. The zero-order chi connectivity index (χ0) is 57.6. The monoisotopic (exact) mass is 1200 g/mol. The number of amides is 8. The number of nitrogen functional groups attached to an aromatic ring is 1. The molecule has 2 unspecified atom stereocenters. The molecule has 0 saturated carbocycles. The Balaban J connectivity index is 0.864. The standard InChI is InChI=1S/C43H56F2N16O15P2S2/c1-20(2)30(57-25(63)10-13-59-26(64)8-9-27(59)65)40(67)56-21(6-3-4-11-49-43(47)68)39(66)48-12-5-7-24(62)58-36-32-38(53-17-51-36)61(19-55-32)42-29(45)34-23(74-42)15-72-77(69,79)75-33-22(14-71-78(70,80)76-34)73-41(28(33)44)60-18-54-31-35(46)50-16-52-37(31)60/h8-9,16-23,28-30,33-34,41-42H,3-7,10-15H2,1-2H3,(H,48,66)(H,56,67)(H,57,63)(H,69,79)(H,70,80)(H2,46,50,52)(H3,47,49,68)(H,51,53,58,62)/t21-,22+,23+,28+,29+,30-,33+,34+,41+,42+,77?,78?/m0/s1. The van der Waals surface area contributed by atoms with E-state index in [0.29, 0.717) is 12.8 Å². The normalized spacial score (nSPS) is 27.7. The first-order chi connectivity index (χ1) is 38.0. The number of halogens is 2. The van der Waals surface area contributed by atoms with E-state index in [1.165, 1.54) is 10.9 Å². The number of nitrogens with one attached hydrogen (secondary N) is 5. The molecule has 12 atom stereocenters. The van der Waals surface area contributed by atoms with Crippen LogP contribution >= 0.6 is 25.8 Å². The number of aromatic nitrogens is 8. The molecular weight excluding hydrogens is 1140 g/mol. The van der Waals surface area contributed by atoms with Crippen LogP contribution in [0.15, 0.2) is 37.5 Å². The van der Waals surface area contributed by atoms with Crippen molar-refractivity contribution in [2.75, 3.05) is 43.9 Å². The minimum absolute atomic E-state index is 0.0109. The maximum atomic E-state index is 16.7. The zero-order valence-electron chi connectivity index (χ0n) is 42.4. The Labute approximate surface area is 462 Å². The third-order valence-electron chi connectivity index (χ3n) is 12.9. The average Bonchev–Trinajstić information content (AvgIpc) is 4.26. The molecule has 8 heterocycles. The minimum Gasteiger partial charge on any atom is -0.382 e. The molecule has 3 fully saturated rings. The number of anilines is 2. The van der Waals surface area contributed by atoms with Gasteiger partial charge < -0.3 is 56.9 Å². The molecule has 4 aromatic rings. The second-order valence-electron chi connectivity index (χ2n) is 18.8. The highest BCUT2D eigenvalue weighted by atomic mass is 32.7. The first-order valence-electron chi connectivity index (χ1n) is 24.8. The number of carbonyl (C=O) groups excluding carboxylic acids is 7. The molecule has 0 radical (unpaired) electrons. The summed E-state index contributed by atoms with van der Waals surface area (Å²) >= 11 is 9.29. The number of fused-ring (bicyclic) bond motifs is 4. The molecule has 4 aliphatic rings. The van der Waals surface area contributed by atoms with Crippen LogP contribution in [0.4, 0.5) is 25.2 Å². The Hall–Kier alpha value is -6.26. The van der Waals surface area contributed by atoms with Crippen molar-refractivity contribution in [1.82, 2.24) is 65.2 Å².